The quantitative estimate of drug-likeness (QED) is 0.845. The SMILES string of the molecule is CC(N)C(SCCS(C)(=O)=O)c1ccccn1. The average Bonchev–Trinajstić information content (AvgIpc) is 2.23. The molecule has 1 aromatic heterocycles. The second-order valence-corrected chi connectivity index (χ2v) is 7.54. The Hall–Kier alpha value is -0.590. The van der Waals surface area contributed by atoms with E-state index < -0.39 is 9.84 Å². The summed E-state index contributed by atoms with van der Waals surface area (Å²) in [5.74, 6) is 0.718. The summed E-state index contributed by atoms with van der Waals surface area (Å²) < 4.78 is 22.1. The van der Waals surface area contributed by atoms with Crippen molar-refractivity contribution in [1.82, 2.24) is 4.98 Å². The van der Waals surface area contributed by atoms with E-state index >= 15 is 0 Å². The molecule has 4 nitrogen and oxygen atoms in total. The van der Waals surface area contributed by atoms with Gasteiger partial charge in [0, 0.05) is 24.2 Å². The molecule has 0 aliphatic rings. The smallest absolute Gasteiger partial charge is 0.148 e. The maximum Gasteiger partial charge on any atom is 0.148 e. The van der Waals surface area contributed by atoms with Crippen molar-refractivity contribution in [3.63, 3.8) is 0 Å². The minimum Gasteiger partial charge on any atom is -0.327 e. The molecule has 0 aromatic carbocycles. The topological polar surface area (TPSA) is 73.1 Å². The van der Waals surface area contributed by atoms with E-state index in [-0.39, 0.29) is 17.0 Å². The lowest BCUT2D eigenvalue weighted by atomic mass is 10.2. The standard InChI is InChI=1S/C11H18N2O2S2/c1-9(12)11(10-5-3-4-6-13-10)16-7-8-17(2,14)15/h3-6,9,11H,7-8,12H2,1-2H3. The first-order valence-electron chi connectivity index (χ1n) is 5.36. The van der Waals surface area contributed by atoms with Crippen LogP contribution in [0.2, 0.25) is 0 Å². The van der Waals surface area contributed by atoms with Crippen LogP contribution in [0, 0.1) is 0 Å². The maximum absolute atomic E-state index is 11.1. The van der Waals surface area contributed by atoms with E-state index in [1.165, 1.54) is 6.26 Å². The molecule has 0 spiro atoms. The van der Waals surface area contributed by atoms with Gasteiger partial charge in [-0.2, -0.15) is 0 Å². The molecule has 1 aromatic rings. The molecule has 0 fully saturated rings. The van der Waals surface area contributed by atoms with E-state index in [0.717, 1.165) is 5.69 Å². The summed E-state index contributed by atoms with van der Waals surface area (Å²) in [5, 5.41) is 0.0398. The molecule has 0 aliphatic heterocycles. The van der Waals surface area contributed by atoms with Gasteiger partial charge in [-0.05, 0) is 19.1 Å². The molecule has 0 saturated carbocycles. The van der Waals surface area contributed by atoms with Gasteiger partial charge >= 0.3 is 0 Å². The molecule has 0 bridgehead atoms. The van der Waals surface area contributed by atoms with E-state index in [4.69, 9.17) is 5.73 Å². The summed E-state index contributed by atoms with van der Waals surface area (Å²) in [6.45, 7) is 1.91. The van der Waals surface area contributed by atoms with Gasteiger partial charge in [-0.1, -0.05) is 6.07 Å². The van der Waals surface area contributed by atoms with Crippen LogP contribution in [-0.2, 0) is 9.84 Å². The van der Waals surface area contributed by atoms with Gasteiger partial charge in [-0.25, -0.2) is 8.42 Å². The predicted octanol–water partition coefficient (Wildman–Crippen LogP) is 1.25. The van der Waals surface area contributed by atoms with Crippen LogP contribution in [0.3, 0.4) is 0 Å². The number of thioether (sulfide) groups is 1. The Morgan fingerprint density at radius 1 is 1.47 bits per heavy atom. The molecular weight excluding hydrogens is 256 g/mol. The third-order valence-corrected chi connectivity index (χ3v) is 4.88. The average molecular weight is 274 g/mol. The van der Waals surface area contributed by atoms with Crippen molar-refractivity contribution in [2.75, 3.05) is 17.8 Å². The largest absolute Gasteiger partial charge is 0.327 e. The fourth-order valence-corrected chi connectivity index (χ4v) is 3.84. The second-order valence-electron chi connectivity index (χ2n) is 4.03. The Bertz CT molecular complexity index is 432. The first-order chi connectivity index (χ1) is 7.90. The molecule has 96 valence electrons. The van der Waals surface area contributed by atoms with E-state index in [2.05, 4.69) is 4.98 Å². The summed E-state index contributed by atoms with van der Waals surface area (Å²) >= 11 is 1.54. The van der Waals surface area contributed by atoms with Crippen molar-refractivity contribution in [2.24, 2.45) is 5.73 Å². The molecule has 6 heteroatoms. The highest BCUT2D eigenvalue weighted by atomic mass is 32.2. The molecule has 17 heavy (non-hydrogen) atoms. The molecular formula is C11H18N2O2S2. The zero-order chi connectivity index (χ0) is 12.9. The number of nitrogens with two attached hydrogens (primary N) is 1. The van der Waals surface area contributed by atoms with Crippen molar-refractivity contribution in [3.8, 4) is 0 Å². The third kappa shape index (κ3) is 5.52. The first kappa shape index (κ1) is 14.5. The minimum atomic E-state index is -2.91. The van der Waals surface area contributed by atoms with Gasteiger partial charge in [0.05, 0.1) is 16.7 Å². The van der Waals surface area contributed by atoms with E-state index in [1.54, 1.807) is 18.0 Å². The highest BCUT2D eigenvalue weighted by molar-refractivity contribution is 8.00. The van der Waals surface area contributed by atoms with Crippen LogP contribution < -0.4 is 5.73 Å². The fraction of sp³-hybridized carbons (Fsp3) is 0.545. The third-order valence-electron chi connectivity index (χ3n) is 2.21. The number of rotatable bonds is 6. The van der Waals surface area contributed by atoms with Gasteiger partial charge in [0.1, 0.15) is 9.84 Å². The van der Waals surface area contributed by atoms with Crippen molar-refractivity contribution in [2.45, 2.75) is 18.2 Å². The lowest BCUT2D eigenvalue weighted by Gasteiger charge is -2.19. The maximum atomic E-state index is 11.1. The van der Waals surface area contributed by atoms with Crippen LogP contribution in [-0.4, -0.2) is 37.2 Å². The molecule has 0 radical (unpaired) electrons. The van der Waals surface area contributed by atoms with Gasteiger partial charge in [-0.15, -0.1) is 11.8 Å². The summed E-state index contributed by atoms with van der Waals surface area (Å²) in [4.78, 5) is 4.27. The monoisotopic (exact) mass is 274 g/mol. The fourth-order valence-electron chi connectivity index (χ4n) is 1.38. The van der Waals surface area contributed by atoms with Crippen LogP contribution >= 0.6 is 11.8 Å². The normalized spacial score (nSPS) is 15.5. The second kappa shape index (κ2) is 6.37. The summed E-state index contributed by atoms with van der Waals surface area (Å²) in [6.07, 6.45) is 2.97. The number of sulfone groups is 1. The van der Waals surface area contributed by atoms with Crippen LogP contribution in [0.4, 0.5) is 0 Å². The summed E-state index contributed by atoms with van der Waals surface area (Å²) in [5.41, 5.74) is 6.81. The molecule has 1 heterocycles. The molecule has 0 saturated heterocycles. The lowest BCUT2D eigenvalue weighted by Crippen LogP contribution is -2.24. The molecule has 1 rings (SSSR count). The zero-order valence-corrected chi connectivity index (χ0v) is 11.7. The molecule has 2 atom stereocenters. The molecule has 0 amide bonds. The predicted molar refractivity (Wildman–Crippen MR) is 72.8 cm³/mol. The summed E-state index contributed by atoms with van der Waals surface area (Å²) in [7, 11) is -2.91. The number of pyridine rings is 1. The van der Waals surface area contributed by atoms with Gasteiger partial charge in [0.2, 0.25) is 0 Å². The Morgan fingerprint density at radius 3 is 2.65 bits per heavy atom. The zero-order valence-electron chi connectivity index (χ0n) is 10.0. The Balaban J connectivity index is 2.63. The van der Waals surface area contributed by atoms with Gasteiger partial charge in [0.15, 0.2) is 0 Å². The van der Waals surface area contributed by atoms with Crippen molar-refractivity contribution < 1.29 is 8.42 Å². The van der Waals surface area contributed by atoms with E-state index in [1.807, 2.05) is 25.1 Å². The van der Waals surface area contributed by atoms with Crippen LogP contribution in [0.1, 0.15) is 17.9 Å². The molecule has 0 aliphatic carbocycles. The van der Waals surface area contributed by atoms with Crippen molar-refractivity contribution in [3.05, 3.63) is 30.1 Å². The number of hydrogen-bond donors (Lipinski definition) is 1. The lowest BCUT2D eigenvalue weighted by molar-refractivity contribution is 0.603. The number of nitrogens with zero attached hydrogens (tertiary/aromatic N) is 1. The van der Waals surface area contributed by atoms with Crippen molar-refractivity contribution in [1.29, 1.82) is 0 Å². The highest BCUT2D eigenvalue weighted by Gasteiger charge is 2.18. The Morgan fingerprint density at radius 2 is 2.18 bits per heavy atom. The van der Waals surface area contributed by atoms with Crippen LogP contribution in [0.25, 0.3) is 0 Å². The first-order valence-corrected chi connectivity index (χ1v) is 8.47. The number of aromatic nitrogens is 1. The number of hydrogen-bond acceptors (Lipinski definition) is 5. The highest BCUT2D eigenvalue weighted by Crippen LogP contribution is 2.29. The van der Waals surface area contributed by atoms with Crippen molar-refractivity contribution >= 4 is 21.6 Å². The Kier molecular flexibility index (Phi) is 5.42. The molecule has 2 N–H and O–H groups in total. The van der Waals surface area contributed by atoms with Gasteiger partial charge in [-0.3, -0.25) is 4.98 Å². The van der Waals surface area contributed by atoms with Gasteiger partial charge < -0.3 is 5.73 Å². The minimum absolute atomic E-state index is 0.0398. The Labute approximate surface area is 107 Å². The van der Waals surface area contributed by atoms with Gasteiger partial charge in [0.25, 0.3) is 0 Å². The molecule has 2 unspecified atom stereocenters. The van der Waals surface area contributed by atoms with E-state index in [0.29, 0.717) is 5.75 Å². The van der Waals surface area contributed by atoms with E-state index in [9.17, 15) is 8.42 Å². The van der Waals surface area contributed by atoms with Crippen LogP contribution in [0.15, 0.2) is 24.4 Å². The van der Waals surface area contributed by atoms with Crippen LogP contribution in [0.5, 0.6) is 0 Å². The summed E-state index contributed by atoms with van der Waals surface area (Å²) in [6, 6.07) is 5.62.